The molecular formula is C21H29NO8. The average molecular weight is 423 g/mol. The van der Waals surface area contributed by atoms with Crippen LogP contribution >= 0.6 is 0 Å². The molecule has 166 valence electrons. The molecule has 0 aromatic heterocycles. The zero-order valence-corrected chi connectivity index (χ0v) is 17.3. The number of ether oxygens (including phenoxy) is 2. The van der Waals surface area contributed by atoms with E-state index in [2.05, 4.69) is 0 Å². The van der Waals surface area contributed by atoms with Crippen LogP contribution in [0.25, 0.3) is 0 Å². The lowest BCUT2D eigenvalue weighted by molar-refractivity contribution is -0.178. The molecule has 0 spiro atoms. The molecule has 9 heteroatoms. The summed E-state index contributed by atoms with van der Waals surface area (Å²) < 4.78 is 10.2. The molecule has 2 rings (SSSR count). The summed E-state index contributed by atoms with van der Waals surface area (Å²) in [7, 11) is 0. The van der Waals surface area contributed by atoms with Gasteiger partial charge in [-0.05, 0) is 38.7 Å². The number of hydrogen-bond acceptors (Lipinski definition) is 8. The van der Waals surface area contributed by atoms with Gasteiger partial charge in [-0.15, -0.1) is 0 Å². The Balaban J connectivity index is 1.90. The van der Waals surface area contributed by atoms with E-state index in [0.29, 0.717) is 24.5 Å². The minimum atomic E-state index is -1.14. The van der Waals surface area contributed by atoms with Crippen molar-refractivity contribution >= 4 is 29.7 Å². The second-order valence-electron chi connectivity index (χ2n) is 7.38. The van der Waals surface area contributed by atoms with Crippen LogP contribution in [0.3, 0.4) is 0 Å². The molecule has 0 aromatic carbocycles. The monoisotopic (exact) mass is 423 g/mol. The number of imide groups is 1. The summed E-state index contributed by atoms with van der Waals surface area (Å²) in [5, 5.41) is 0.435. The third-order valence-corrected chi connectivity index (χ3v) is 5.02. The van der Waals surface area contributed by atoms with Crippen LogP contribution < -0.4 is 0 Å². The third kappa shape index (κ3) is 7.61. The first-order valence-corrected chi connectivity index (χ1v) is 10.5. The van der Waals surface area contributed by atoms with Gasteiger partial charge in [-0.2, -0.15) is 0 Å². The first kappa shape index (κ1) is 23.6. The van der Waals surface area contributed by atoms with Gasteiger partial charge < -0.3 is 9.47 Å². The van der Waals surface area contributed by atoms with Gasteiger partial charge in [0.15, 0.2) is 0 Å². The van der Waals surface area contributed by atoms with Crippen molar-refractivity contribution in [3.05, 3.63) is 12.2 Å². The first-order chi connectivity index (χ1) is 14.4. The zero-order valence-electron chi connectivity index (χ0n) is 17.3. The number of hydroxylamine groups is 2. The Morgan fingerprint density at radius 1 is 1.10 bits per heavy atom. The van der Waals surface area contributed by atoms with Crippen molar-refractivity contribution in [3.63, 3.8) is 0 Å². The predicted octanol–water partition coefficient (Wildman–Crippen LogP) is 3.01. The minimum absolute atomic E-state index is 0.00162. The number of hydrogen-bond donors (Lipinski definition) is 0. The molecule has 0 N–H and O–H groups in total. The van der Waals surface area contributed by atoms with Gasteiger partial charge in [0.2, 0.25) is 0 Å². The van der Waals surface area contributed by atoms with E-state index >= 15 is 0 Å². The third-order valence-electron chi connectivity index (χ3n) is 5.02. The quantitative estimate of drug-likeness (QED) is 0.316. The van der Waals surface area contributed by atoms with Gasteiger partial charge >= 0.3 is 12.1 Å². The average Bonchev–Trinajstić information content (AvgIpc) is 2.99. The lowest BCUT2D eigenvalue weighted by atomic mass is 9.87. The molecule has 0 radical (unpaired) electrons. The molecule has 1 fully saturated rings. The van der Waals surface area contributed by atoms with Crippen LogP contribution in [0.15, 0.2) is 12.2 Å². The Morgan fingerprint density at radius 2 is 1.83 bits per heavy atom. The first-order valence-electron chi connectivity index (χ1n) is 10.5. The molecule has 1 aliphatic carbocycles. The summed E-state index contributed by atoms with van der Waals surface area (Å²) in [4.78, 5) is 63.9. The topological polar surface area (TPSA) is 116 Å². The molecule has 2 atom stereocenters. The molecule has 9 nitrogen and oxygen atoms in total. The molecular weight excluding hydrogens is 394 g/mol. The van der Waals surface area contributed by atoms with E-state index in [1.54, 1.807) is 13.0 Å². The number of allylic oxidation sites excluding steroid dienone is 1. The van der Waals surface area contributed by atoms with E-state index in [1.165, 1.54) is 0 Å². The van der Waals surface area contributed by atoms with Crippen LogP contribution in [0.2, 0.25) is 0 Å². The van der Waals surface area contributed by atoms with Crippen LogP contribution in [-0.2, 0) is 33.5 Å². The molecule has 2 unspecified atom stereocenters. The van der Waals surface area contributed by atoms with E-state index in [-0.39, 0.29) is 49.8 Å². The van der Waals surface area contributed by atoms with Crippen molar-refractivity contribution in [1.29, 1.82) is 0 Å². The molecule has 2 aliphatic rings. The largest absolute Gasteiger partial charge is 0.534 e. The summed E-state index contributed by atoms with van der Waals surface area (Å²) in [5.74, 6) is -1.76. The Hall–Kier alpha value is -2.71. The predicted molar refractivity (Wildman–Crippen MR) is 104 cm³/mol. The van der Waals surface area contributed by atoms with Gasteiger partial charge in [0, 0.05) is 38.0 Å². The molecule has 0 saturated carbocycles. The van der Waals surface area contributed by atoms with Crippen molar-refractivity contribution in [2.75, 3.05) is 6.61 Å². The van der Waals surface area contributed by atoms with Crippen molar-refractivity contribution in [2.45, 2.75) is 77.2 Å². The molecule has 0 bridgehead atoms. The smallest absolute Gasteiger partial charge is 0.466 e. The fraction of sp³-hybridized carbons (Fsp3) is 0.667. The van der Waals surface area contributed by atoms with Crippen molar-refractivity contribution < 1.29 is 38.3 Å². The Labute approximate surface area is 175 Å². The maximum absolute atomic E-state index is 12.4. The Kier molecular flexibility index (Phi) is 9.50. The summed E-state index contributed by atoms with van der Waals surface area (Å²) >= 11 is 0. The number of ketones is 1. The molecule has 1 aliphatic heterocycles. The number of amides is 2. The minimum Gasteiger partial charge on any atom is -0.466 e. The fourth-order valence-corrected chi connectivity index (χ4v) is 3.50. The van der Waals surface area contributed by atoms with Crippen LogP contribution in [0.1, 0.15) is 71.1 Å². The maximum atomic E-state index is 12.4. The number of rotatable bonds is 9. The highest BCUT2D eigenvalue weighted by atomic mass is 16.8. The van der Waals surface area contributed by atoms with E-state index in [1.807, 2.05) is 6.08 Å². The summed E-state index contributed by atoms with van der Waals surface area (Å²) in [6.45, 7) is 2.04. The number of carbonyl (C=O) groups excluding carboxylic acids is 5. The lowest BCUT2D eigenvalue weighted by Crippen LogP contribution is -2.35. The van der Waals surface area contributed by atoms with Gasteiger partial charge in [-0.3, -0.25) is 24.0 Å². The van der Waals surface area contributed by atoms with Crippen molar-refractivity contribution in [1.82, 2.24) is 5.06 Å². The summed E-state index contributed by atoms with van der Waals surface area (Å²) in [6, 6.07) is 0. The van der Waals surface area contributed by atoms with Crippen LogP contribution in [0.4, 0.5) is 4.79 Å². The van der Waals surface area contributed by atoms with Gasteiger partial charge in [-0.1, -0.05) is 17.6 Å². The van der Waals surface area contributed by atoms with Crippen molar-refractivity contribution in [2.24, 2.45) is 5.92 Å². The maximum Gasteiger partial charge on any atom is 0.534 e. The van der Waals surface area contributed by atoms with Crippen LogP contribution in [0, 0.1) is 5.92 Å². The highest BCUT2D eigenvalue weighted by Crippen LogP contribution is 2.26. The van der Waals surface area contributed by atoms with Crippen LogP contribution in [-0.4, -0.2) is 47.5 Å². The number of carbonyl (C=O) groups is 5. The second-order valence-corrected chi connectivity index (χ2v) is 7.38. The van der Waals surface area contributed by atoms with Gasteiger partial charge in [0.1, 0.15) is 11.9 Å². The summed E-state index contributed by atoms with van der Waals surface area (Å²) in [5.41, 5.74) is 0. The highest BCUT2D eigenvalue weighted by Gasteiger charge is 2.35. The molecule has 1 saturated heterocycles. The van der Waals surface area contributed by atoms with E-state index in [9.17, 15) is 24.0 Å². The fourth-order valence-electron chi connectivity index (χ4n) is 3.50. The molecule has 0 aromatic rings. The zero-order chi connectivity index (χ0) is 21.9. The molecule has 30 heavy (non-hydrogen) atoms. The summed E-state index contributed by atoms with van der Waals surface area (Å²) in [6.07, 6.45) is 6.18. The van der Waals surface area contributed by atoms with Gasteiger partial charge in [0.05, 0.1) is 6.61 Å². The highest BCUT2D eigenvalue weighted by molar-refractivity contribution is 6.01. The molecule has 2 amide bonds. The SMILES string of the molecule is CCOC(=O)CCCC(=O)CC1CCCC/C=C/C1OC(=O)ON1C(=O)CCC1=O. The van der Waals surface area contributed by atoms with Crippen molar-refractivity contribution in [3.8, 4) is 0 Å². The second kappa shape index (κ2) is 12.1. The number of Topliss-reactive ketones (excluding diaryl/α,β-unsaturated/α-hetero) is 1. The standard InChI is InChI=1S/C21H29NO8/c1-2-28-20(26)11-7-9-16(23)14-15-8-5-3-4-6-10-17(15)29-21(27)30-22-18(24)12-13-19(22)25/h6,10,15,17H,2-5,7-9,11-14H2,1H3/b10-6+. The van der Waals surface area contributed by atoms with Crippen LogP contribution in [0.5, 0.6) is 0 Å². The van der Waals surface area contributed by atoms with E-state index in [0.717, 1.165) is 19.3 Å². The lowest BCUT2D eigenvalue weighted by Gasteiger charge is -2.26. The Bertz CT molecular complexity index is 670. The molecule has 1 heterocycles. The number of nitrogens with zero attached hydrogens (tertiary/aromatic N) is 1. The number of esters is 1. The Morgan fingerprint density at radius 3 is 2.53 bits per heavy atom. The van der Waals surface area contributed by atoms with E-state index < -0.39 is 24.1 Å². The normalized spacial score (nSPS) is 22.8. The van der Waals surface area contributed by atoms with Gasteiger partial charge in [0.25, 0.3) is 11.8 Å². The van der Waals surface area contributed by atoms with Gasteiger partial charge in [-0.25, -0.2) is 4.79 Å². The van der Waals surface area contributed by atoms with E-state index in [4.69, 9.17) is 14.3 Å².